The van der Waals surface area contributed by atoms with Crippen LogP contribution < -0.4 is 0 Å². The van der Waals surface area contributed by atoms with E-state index in [0.29, 0.717) is 12.0 Å². The smallest absolute Gasteiger partial charge is 0.0626 e. The molecule has 3 rings (SSSR count). The van der Waals surface area contributed by atoms with Crippen LogP contribution in [0.25, 0.3) is 0 Å². The van der Waals surface area contributed by atoms with Gasteiger partial charge in [0.25, 0.3) is 0 Å². The normalized spacial score (nSPS) is 46.6. The largest absolute Gasteiger partial charge is 0.393 e. The first-order valence-electron chi connectivity index (χ1n) is 7.57. The van der Waals surface area contributed by atoms with Crippen molar-refractivity contribution in [2.24, 2.45) is 23.7 Å². The molecule has 2 bridgehead atoms. The average molecular weight is 238 g/mol. The lowest BCUT2D eigenvalue weighted by Gasteiger charge is -2.28. The van der Waals surface area contributed by atoms with E-state index in [1.165, 1.54) is 25.7 Å². The Balaban J connectivity index is 1.54. The number of fused-ring (bicyclic) bond motifs is 2. The highest BCUT2D eigenvalue weighted by Crippen LogP contribution is 2.50. The second-order valence-electron chi connectivity index (χ2n) is 6.51. The topological polar surface area (TPSA) is 29.5 Å². The molecule has 0 aromatic heterocycles. The standard InChI is InChI=1S/C15H26O2/c1-2-15-13(5-6-17-15)14(16)9-12-8-10-3-4-11(12)7-10/h10-16H,2-9H2,1H3. The Labute approximate surface area is 105 Å². The molecule has 6 unspecified atom stereocenters. The van der Waals surface area contributed by atoms with Gasteiger partial charge in [0.05, 0.1) is 12.2 Å². The summed E-state index contributed by atoms with van der Waals surface area (Å²) in [7, 11) is 0. The van der Waals surface area contributed by atoms with Gasteiger partial charge in [0.1, 0.15) is 0 Å². The number of ether oxygens (including phenoxy) is 1. The van der Waals surface area contributed by atoms with E-state index in [1.807, 2.05) is 0 Å². The predicted molar refractivity (Wildman–Crippen MR) is 67.7 cm³/mol. The number of hydrogen-bond acceptors (Lipinski definition) is 2. The average Bonchev–Trinajstić information content (AvgIpc) is 3.04. The van der Waals surface area contributed by atoms with Gasteiger partial charge in [-0.3, -0.25) is 0 Å². The molecule has 17 heavy (non-hydrogen) atoms. The molecule has 1 heterocycles. The molecule has 0 spiro atoms. The maximum Gasteiger partial charge on any atom is 0.0626 e. The van der Waals surface area contributed by atoms with Gasteiger partial charge in [0, 0.05) is 12.5 Å². The lowest BCUT2D eigenvalue weighted by molar-refractivity contribution is 0.0160. The van der Waals surface area contributed by atoms with Crippen molar-refractivity contribution < 1.29 is 9.84 Å². The van der Waals surface area contributed by atoms with Gasteiger partial charge in [0.15, 0.2) is 0 Å². The number of aliphatic hydroxyl groups excluding tert-OH is 1. The molecule has 2 heteroatoms. The first-order valence-corrected chi connectivity index (χ1v) is 7.57. The molecule has 2 aliphatic carbocycles. The van der Waals surface area contributed by atoms with Crippen LogP contribution in [0.2, 0.25) is 0 Å². The van der Waals surface area contributed by atoms with Crippen molar-refractivity contribution >= 4 is 0 Å². The zero-order valence-corrected chi connectivity index (χ0v) is 11.0. The molecule has 3 fully saturated rings. The Bertz CT molecular complexity index is 266. The van der Waals surface area contributed by atoms with Crippen LogP contribution in [0.1, 0.15) is 51.9 Å². The van der Waals surface area contributed by atoms with Crippen molar-refractivity contribution in [3.63, 3.8) is 0 Å². The van der Waals surface area contributed by atoms with Crippen LogP contribution in [0.5, 0.6) is 0 Å². The minimum atomic E-state index is -0.105. The fourth-order valence-corrected chi connectivity index (χ4v) is 4.68. The molecule has 0 radical (unpaired) electrons. The van der Waals surface area contributed by atoms with E-state index in [4.69, 9.17) is 4.74 Å². The van der Waals surface area contributed by atoms with Crippen LogP contribution >= 0.6 is 0 Å². The van der Waals surface area contributed by atoms with Crippen LogP contribution in [-0.2, 0) is 4.74 Å². The van der Waals surface area contributed by atoms with Crippen LogP contribution in [0.4, 0.5) is 0 Å². The lowest BCUT2D eigenvalue weighted by Crippen LogP contribution is -2.30. The van der Waals surface area contributed by atoms with Crippen LogP contribution in [0.3, 0.4) is 0 Å². The summed E-state index contributed by atoms with van der Waals surface area (Å²) in [6.45, 7) is 3.03. The zero-order valence-electron chi connectivity index (χ0n) is 11.0. The van der Waals surface area contributed by atoms with Crippen LogP contribution in [0, 0.1) is 23.7 Å². The van der Waals surface area contributed by atoms with E-state index >= 15 is 0 Å². The first-order chi connectivity index (χ1) is 8.28. The van der Waals surface area contributed by atoms with Gasteiger partial charge in [-0.25, -0.2) is 0 Å². The Morgan fingerprint density at radius 2 is 2.12 bits per heavy atom. The van der Waals surface area contributed by atoms with Gasteiger partial charge in [-0.1, -0.05) is 13.3 Å². The number of aliphatic hydroxyl groups is 1. The Hall–Kier alpha value is -0.0800. The summed E-state index contributed by atoms with van der Waals surface area (Å²) in [5, 5.41) is 10.5. The Morgan fingerprint density at radius 3 is 2.76 bits per heavy atom. The van der Waals surface area contributed by atoms with Crippen molar-refractivity contribution in [3.8, 4) is 0 Å². The fraction of sp³-hybridized carbons (Fsp3) is 1.00. The highest BCUT2D eigenvalue weighted by Gasteiger charge is 2.42. The third-order valence-electron chi connectivity index (χ3n) is 5.59. The van der Waals surface area contributed by atoms with E-state index in [-0.39, 0.29) is 6.10 Å². The number of hydrogen-bond donors (Lipinski definition) is 1. The molecule has 0 amide bonds. The van der Waals surface area contributed by atoms with Gasteiger partial charge < -0.3 is 9.84 Å². The molecule has 1 N–H and O–H groups in total. The monoisotopic (exact) mass is 238 g/mol. The minimum Gasteiger partial charge on any atom is -0.393 e. The highest BCUT2D eigenvalue weighted by molar-refractivity contribution is 4.92. The van der Waals surface area contributed by atoms with Crippen molar-refractivity contribution in [3.05, 3.63) is 0 Å². The first kappa shape index (κ1) is 12.0. The third kappa shape index (κ3) is 2.26. The molecule has 0 aromatic carbocycles. The van der Waals surface area contributed by atoms with E-state index < -0.39 is 0 Å². The lowest BCUT2D eigenvalue weighted by atomic mass is 9.80. The summed E-state index contributed by atoms with van der Waals surface area (Å²) in [6, 6.07) is 0. The van der Waals surface area contributed by atoms with Crippen LogP contribution in [0.15, 0.2) is 0 Å². The van der Waals surface area contributed by atoms with Gasteiger partial charge in [-0.05, 0) is 56.3 Å². The summed E-state index contributed by atoms with van der Waals surface area (Å²) < 4.78 is 5.70. The maximum atomic E-state index is 10.5. The molecule has 2 saturated carbocycles. The van der Waals surface area contributed by atoms with Gasteiger partial charge in [-0.15, -0.1) is 0 Å². The predicted octanol–water partition coefficient (Wildman–Crippen LogP) is 2.99. The van der Waals surface area contributed by atoms with Crippen molar-refractivity contribution in [1.82, 2.24) is 0 Å². The minimum absolute atomic E-state index is 0.105. The Morgan fingerprint density at radius 1 is 1.24 bits per heavy atom. The molecule has 2 nitrogen and oxygen atoms in total. The zero-order chi connectivity index (χ0) is 11.8. The SMILES string of the molecule is CCC1OCCC1C(O)CC1CC2CCC1C2. The van der Waals surface area contributed by atoms with Gasteiger partial charge in [-0.2, -0.15) is 0 Å². The van der Waals surface area contributed by atoms with E-state index in [0.717, 1.165) is 43.6 Å². The molecule has 3 aliphatic rings. The van der Waals surface area contributed by atoms with E-state index in [9.17, 15) is 5.11 Å². The summed E-state index contributed by atoms with van der Waals surface area (Å²) >= 11 is 0. The summed E-state index contributed by atoms with van der Waals surface area (Å²) in [4.78, 5) is 0. The van der Waals surface area contributed by atoms with E-state index in [2.05, 4.69) is 6.92 Å². The third-order valence-corrected chi connectivity index (χ3v) is 5.59. The molecule has 98 valence electrons. The Kier molecular flexibility index (Phi) is 3.45. The summed E-state index contributed by atoms with van der Waals surface area (Å²) in [6.07, 6.45) is 9.13. The molecule has 1 aliphatic heterocycles. The molecular weight excluding hydrogens is 212 g/mol. The van der Waals surface area contributed by atoms with Crippen molar-refractivity contribution in [2.75, 3.05) is 6.61 Å². The summed E-state index contributed by atoms with van der Waals surface area (Å²) in [5.74, 6) is 3.18. The van der Waals surface area contributed by atoms with Gasteiger partial charge >= 0.3 is 0 Å². The highest BCUT2D eigenvalue weighted by atomic mass is 16.5. The molecule has 0 aromatic rings. The van der Waals surface area contributed by atoms with E-state index in [1.54, 1.807) is 0 Å². The van der Waals surface area contributed by atoms with Crippen LogP contribution in [-0.4, -0.2) is 23.9 Å². The second-order valence-corrected chi connectivity index (χ2v) is 6.51. The molecular formula is C15H26O2. The number of rotatable bonds is 4. The van der Waals surface area contributed by atoms with Gasteiger partial charge in [0.2, 0.25) is 0 Å². The fourth-order valence-electron chi connectivity index (χ4n) is 4.68. The maximum absolute atomic E-state index is 10.5. The van der Waals surface area contributed by atoms with Crippen molar-refractivity contribution in [1.29, 1.82) is 0 Å². The quantitative estimate of drug-likeness (QED) is 0.816. The molecule has 6 atom stereocenters. The second kappa shape index (κ2) is 4.89. The molecule has 1 saturated heterocycles. The summed E-state index contributed by atoms with van der Waals surface area (Å²) in [5.41, 5.74) is 0. The van der Waals surface area contributed by atoms with Crippen molar-refractivity contribution in [2.45, 2.75) is 64.1 Å².